The van der Waals surface area contributed by atoms with Gasteiger partial charge in [-0.1, -0.05) is 13.3 Å². The molecule has 0 spiro atoms. The highest BCUT2D eigenvalue weighted by molar-refractivity contribution is 7.16. The molecule has 1 N–H and O–H groups in total. The summed E-state index contributed by atoms with van der Waals surface area (Å²) in [6, 6.07) is 3.48. The van der Waals surface area contributed by atoms with E-state index in [4.69, 9.17) is 5.26 Å². The number of hydrogen-bond donors (Lipinski definition) is 1. The third-order valence-electron chi connectivity index (χ3n) is 2.18. The van der Waals surface area contributed by atoms with Crippen molar-refractivity contribution < 1.29 is 14.3 Å². The zero-order valence-electron chi connectivity index (χ0n) is 10.3. The minimum Gasteiger partial charge on any atom is -0.465 e. The minimum absolute atomic E-state index is 0.235. The lowest BCUT2D eigenvalue weighted by atomic mass is 10.2. The van der Waals surface area contributed by atoms with E-state index in [9.17, 15) is 9.59 Å². The van der Waals surface area contributed by atoms with Crippen LogP contribution < -0.4 is 5.32 Å². The second-order valence-corrected chi connectivity index (χ2v) is 4.72. The summed E-state index contributed by atoms with van der Waals surface area (Å²) in [5.74, 6) is -0.909. The molecule has 0 fully saturated rings. The quantitative estimate of drug-likeness (QED) is 0.829. The van der Waals surface area contributed by atoms with Gasteiger partial charge in [-0.3, -0.25) is 4.79 Å². The third-order valence-corrected chi connectivity index (χ3v) is 3.29. The number of nitriles is 1. The number of amides is 1. The number of esters is 1. The number of nitrogens with zero attached hydrogens (tertiary/aromatic N) is 1. The maximum Gasteiger partial charge on any atom is 0.340 e. The highest BCUT2D eigenvalue weighted by atomic mass is 32.1. The van der Waals surface area contributed by atoms with Crippen LogP contribution in [-0.2, 0) is 16.0 Å². The van der Waals surface area contributed by atoms with Crippen molar-refractivity contribution in [2.75, 3.05) is 12.4 Å². The van der Waals surface area contributed by atoms with Crippen molar-refractivity contribution in [2.45, 2.75) is 26.2 Å². The zero-order chi connectivity index (χ0) is 13.5. The highest BCUT2D eigenvalue weighted by Crippen LogP contribution is 2.29. The number of hydrogen-bond acceptors (Lipinski definition) is 5. The molecule has 18 heavy (non-hydrogen) atoms. The molecule has 0 aliphatic heterocycles. The third kappa shape index (κ3) is 3.57. The molecule has 5 nitrogen and oxygen atoms in total. The molecule has 0 radical (unpaired) electrons. The predicted molar refractivity (Wildman–Crippen MR) is 68.5 cm³/mol. The average Bonchev–Trinajstić information content (AvgIpc) is 2.72. The Balaban J connectivity index is 2.96. The monoisotopic (exact) mass is 266 g/mol. The standard InChI is InChI=1S/C12H14N2O3S/c1-3-4-8-7-9(12(16)17-2)11(18-8)14-10(15)5-6-13/h7H,3-5H2,1-2H3,(H,14,15). The fourth-order valence-corrected chi connectivity index (χ4v) is 2.57. The Kier molecular flexibility index (Phi) is 5.33. The first-order valence-electron chi connectivity index (χ1n) is 5.50. The smallest absolute Gasteiger partial charge is 0.340 e. The van der Waals surface area contributed by atoms with Crippen LogP contribution in [0.15, 0.2) is 6.07 Å². The normalized spacial score (nSPS) is 9.61. The van der Waals surface area contributed by atoms with Gasteiger partial charge in [-0.05, 0) is 12.5 Å². The number of ether oxygens (including phenoxy) is 1. The molecule has 1 rings (SSSR count). The molecule has 1 heterocycles. The molecule has 0 aromatic carbocycles. The maximum atomic E-state index is 11.6. The van der Waals surface area contributed by atoms with Gasteiger partial charge in [0.1, 0.15) is 11.4 Å². The van der Waals surface area contributed by atoms with Gasteiger partial charge in [0.15, 0.2) is 0 Å². The first-order chi connectivity index (χ1) is 8.62. The van der Waals surface area contributed by atoms with Crippen molar-refractivity contribution in [2.24, 2.45) is 0 Å². The highest BCUT2D eigenvalue weighted by Gasteiger charge is 2.18. The number of nitrogens with one attached hydrogen (secondary N) is 1. The molecule has 0 aliphatic rings. The van der Waals surface area contributed by atoms with Gasteiger partial charge in [-0.25, -0.2) is 4.79 Å². The van der Waals surface area contributed by atoms with E-state index in [0.29, 0.717) is 10.6 Å². The van der Waals surface area contributed by atoms with E-state index in [2.05, 4.69) is 10.1 Å². The lowest BCUT2D eigenvalue weighted by molar-refractivity contribution is -0.115. The molecule has 1 aromatic heterocycles. The number of carbonyl (C=O) groups excluding carboxylic acids is 2. The Bertz CT molecular complexity index is 488. The van der Waals surface area contributed by atoms with Crippen molar-refractivity contribution >= 4 is 28.2 Å². The van der Waals surface area contributed by atoms with Gasteiger partial charge in [0, 0.05) is 4.88 Å². The Morgan fingerprint density at radius 2 is 2.28 bits per heavy atom. The molecule has 0 unspecified atom stereocenters. The Morgan fingerprint density at radius 3 is 2.83 bits per heavy atom. The SMILES string of the molecule is CCCc1cc(C(=O)OC)c(NC(=O)CC#N)s1. The van der Waals surface area contributed by atoms with Crippen LogP contribution in [0.5, 0.6) is 0 Å². The lowest BCUT2D eigenvalue weighted by Gasteiger charge is -2.02. The van der Waals surface area contributed by atoms with Crippen molar-refractivity contribution in [3.8, 4) is 6.07 Å². The van der Waals surface area contributed by atoms with E-state index in [-0.39, 0.29) is 6.42 Å². The first-order valence-corrected chi connectivity index (χ1v) is 6.31. The topological polar surface area (TPSA) is 79.2 Å². The van der Waals surface area contributed by atoms with Crippen LogP contribution in [0, 0.1) is 11.3 Å². The van der Waals surface area contributed by atoms with E-state index in [1.807, 2.05) is 6.92 Å². The van der Waals surface area contributed by atoms with E-state index in [0.717, 1.165) is 17.7 Å². The van der Waals surface area contributed by atoms with Gasteiger partial charge >= 0.3 is 5.97 Å². The summed E-state index contributed by atoms with van der Waals surface area (Å²) in [7, 11) is 1.29. The predicted octanol–water partition coefficient (Wildman–Crippen LogP) is 2.34. The fraction of sp³-hybridized carbons (Fsp3) is 0.417. The van der Waals surface area contributed by atoms with Gasteiger partial charge in [0.05, 0.1) is 18.7 Å². The minimum atomic E-state index is -0.485. The van der Waals surface area contributed by atoms with E-state index in [1.54, 1.807) is 12.1 Å². The summed E-state index contributed by atoms with van der Waals surface area (Å²) in [6.07, 6.45) is 1.55. The summed E-state index contributed by atoms with van der Waals surface area (Å²) >= 11 is 1.34. The van der Waals surface area contributed by atoms with Crippen LogP contribution in [0.3, 0.4) is 0 Å². The van der Waals surface area contributed by atoms with Gasteiger partial charge in [0.25, 0.3) is 0 Å². The van der Waals surface area contributed by atoms with Crippen LogP contribution in [0.25, 0.3) is 0 Å². The Hall–Kier alpha value is -1.87. The van der Waals surface area contributed by atoms with E-state index in [1.165, 1.54) is 18.4 Å². The molecule has 0 bridgehead atoms. The summed E-state index contributed by atoms with van der Waals surface area (Å²) in [4.78, 5) is 23.9. The second kappa shape index (κ2) is 6.77. The average molecular weight is 266 g/mol. The molecule has 96 valence electrons. The Morgan fingerprint density at radius 1 is 1.56 bits per heavy atom. The number of anilines is 1. The van der Waals surface area contributed by atoms with Gasteiger partial charge in [-0.15, -0.1) is 11.3 Å². The van der Waals surface area contributed by atoms with Gasteiger partial charge in [-0.2, -0.15) is 5.26 Å². The van der Waals surface area contributed by atoms with Crippen LogP contribution in [0.1, 0.15) is 35.0 Å². The molecule has 0 saturated heterocycles. The first kappa shape index (κ1) is 14.2. The van der Waals surface area contributed by atoms with E-state index < -0.39 is 11.9 Å². The van der Waals surface area contributed by atoms with Crippen molar-refractivity contribution in [3.05, 3.63) is 16.5 Å². The van der Waals surface area contributed by atoms with E-state index >= 15 is 0 Å². The summed E-state index contributed by atoms with van der Waals surface area (Å²) in [5.41, 5.74) is 0.345. The summed E-state index contributed by atoms with van der Waals surface area (Å²) in [5, 5.41) is 11.4. The largest absolute Gasteiger partial charge is 0.465 e. The molecule has 0 aliphatic carbocycles. The zero-order valence-corrected chi connectivity index (χ0v) is 11.1. The van der Waals surface area contributed by atoms with Crippen molar-refractivity contribution in [1.82, 2.24) is 0 Å². The Labute approximate surface area is 109 Å². The summed E-state index contributed by atoms with van der Waals surface area (Å²) in [6.45, 7) is 2.03. The number of rotatable bonds is 5. The van der Waals surface area contributed by atoms with Gasteiger partial charge < -0.3 is 10.1 Å². The van der Waals surface area contributed by atoms with Gasteiger partial charge in [0.2, 0.25) is 5.91 Å². The molecular formula is C12H14N2O3S. The summed E-state index contributed by atoms with van der Waals surface area (Å²) < 4.78 is 4.66. The lowest BCUT2D eigenvalue weighted by Crippen LogP contribution is -2.12. The van der Waals surface area contributed by atoms with Crippen LogP contribution >= 0.6 is 11.3 Å². The molecular weight excluding hydrogens is 252 g/mol. The second-order valence-electron chi connectivity index (χ2n) is 3.58. The number of carbonyl (C=O) groups is 2. The molecule has 1 amide bonds. The number of aryl methyl sites for hydroxylation is 1. The fourth-order valence-electron chi connectivity index (χ4n) is 1.41. The molecule has 0 saturated carbocycles. The number of thiophene rings is 1. The van der Waals surface area contributed by atoms with Crippen LogP contribution in [0.4, 0.5) is 5.00 Å². The molecule has 1 aromatic rings. The van der Waals surface area contributed by atoms with Crippen LogP contribution in [0.2, 0.25) is 0 Å². The molecule has 6 heteroatoms. The van der Waals surface area contributed by atoms with Crippen molar-refractivity contribution in [1.29, 1.82) is 5.26 Å². The molecule has 0 atom stereocenters. The van der Waals surface area contributed by atoms with Crippen LogP contribution in [-0.4, -0.2) is 19.0 Å². The number of methoxy groups -OCH3 is 1. The maximum absolute atomic E-state index is 11.6. The van der Waals surface area contributed by atoms with Crippen molar-refractivity contribution in [3.63, 3.8) is 0 Å².